The molecule has 0 spiro atoms. The van der Waals surface area contributed by atoms with Crippen molar-refractivity contribution in [2.45, 2.75) is 30.7 Å². The smallest absolute Gasteiger partial charge is 0.186 e. The lowest BCUT2D eigenvalue weighted by atomic mass is 10.0. The average Bonchev–Trinajstić information content (AvgIpc) is 2.47. The van der Waals surface area contributed by atoms with Crippen LogP contribution >= 0.6 is 11.6 Å². The lowest BCUT2D eigenvalue weighted by Gasteiger charge is -2.40. The van der Waals surface area contributed by atoms with Crippen LogP contribution in [0.4, 0.5) is 0 Å². The molecule has 20 heavy (non-hydrogen) atoms. The maximum absolute atomic E-state index is 9.95. The fourth-order valence-corrected chi connectivity index (χ4v) is 2.32. The summed E-state index contributed by atoms with van der Waals surface area (Å²) in [5.41, 5.74) is 0.523. The molecule has 1 aromatic rings. The minimum Gasteiger partial charge on any atom is -0.394 e. The van der Waals surface area contributed by atoms with Crippen LogP contribution < -0.4 is 0 Å². The Morgan fingerprint density at radius 3 is 2.50 bits per heavy atom. The molecule has 1 aliphatic heterocycles. The molecule has 1 aromatic carbocycles. The third kappa shape index (κ3) is 3.12. The fourth-order valence-electron chi connectivity index (χ4n) is 2.09. The van der Waals surface area contributed by atoms with Gasteiger partial charge in [-0.15, -0.1) is 0 Å². The topological polar surface area (TPSA) is 99.4 Å². The molecule has 1 saturated heterocycles. The molecule has 0 bridgehead atoms. The van der Waals surface area contributed by atoms with E-state index in [1.54, 1.807) is 24.3 Å². The summed E-state index contributed by atoms with van der Waals surface area (Å²) in [4.78, 5) is 0. The number of aliphatic hydroxyl groups excluding tert-OH is 4. The van der Waals surface area contributed by atoms with Crippen LogP contribution in [0.2, 0.25) is 5.02 Å². The summed E-state index contributed by atoms with van der Waals surface area (Å²) in [6, 6.07) is 6.82. The largest absolute Gasteiger partial charge is 0.394 e. The summed E-state index contributed by atoms with van der Waals surface area (Å²) >= 11 is 6.05. The van der Waals surface area contributed by atoms with Crippen molar-refractivity contribution in [3.05, 3.63) is 34.9 Å². The van der Waals surface area contributed by atoms with Crippen LogP contribution in [0.3, 0.4) is 0 Å². The van der Waals surface area contributed by atoms with Gasteiger partial charge in [-0.3, -0.25) is 0 Å². The van der Waals surface area contributed by atoms with E-state index < -0.39 is 43.9 Å². The number of benzene rings is 1. The van der Waals surface area contributed by atoms with Crippen molar-refractivity contribution < 1.29 is 29.9 Å². The number of hydrogen-bond donors (Lipinski definition) is 4. The van der Waals surface area contributed by atoms with Crippen molar-refractivity contribution in [1.29, 1.82) is 0 Å². The maximum Gasteiger partial charge on any atom is 0.186 e. The van der Waals surface area contributed by atoms with Crippen LogP contribution in [-0.2, 0) is 9.47 Å². The monoisotopic (exact) mass is 304 g/mol. The summed E-state index contributed by atoms with van der Waals surface area (Å²) in [6.45, 7) is -1.02. The molecule has 0 aliphatic carbocycles. The molecule has 5 atom stereocenters. The molecule has 7 heteroatoms. The summed E-state index contributed by atoms with van der Waals surface area (Å²) in [6.07, 6.45) is -5.48. The number of rotatable bonds is 4. The highest BCUT2D eigenvalue weighted by Gasteiger charge is 2.42. The predicted molar refractivity (Wildman–Crippen MR) is 70.1 cm³/mol. The van der Waals surface area contributed by atoms with Crippen LogP contribution in [0.1, 0.15) is 11.9 Å². The fraction of sp³-hybridized carbons (Fsp3) is 0.538. The Balaban J connectivity index is 2.25. The van der Waals surface area contributed by atoms with Crippen molar-refractivity contribution in [1.82, 2.24) is 0 Å². The molecule has 6 nitrogen and oxygen atoms in total. The zero-order chi connectivity index (χ0) is 14.7. The molecule has 0 aromatic heterocycles. The molecule has 1 unspecified atom stereocenters. The van der Waals surface area contributed by atoms with Crippen molar-refractivity contribution in [2.24, 2.45) is 0 Å². The highest BCUT2D eigenvalue weighted by molar-refractivity contribution is 6.31. The molecule has 0 saturated carbocycles. The second-order valence-electron chi connectivity index (χ2n) is 4.55. The lowest BCUT2D eigenvalue weighted by Crippen LogP contribution is -2.54. The summed E-state index contributed by atoms with van der Waals surface area (Å²) in [5.74, 6) is 0. The number of aliphatic hydroxyl groups is 4. The Bertz CT molecular complexity index is 443. The van der Waals surface area contributed by atoms with Crippen molar-refractivity contribution >= 4 is 11.6 Å². The van der Waals surface area contributed by atoms with Gasteiger partial charge in [0.1, 0.15) is 24.4 Å². The van der Waals surface area contributed by atoms with Gasteiger partial charge in [-0.2, -0.15) is 0 Å². The van der Waals surface area contributed by atoms with Gasteiger partial charge in [-0.25, -0.2) is 0 Å². The van der Waals surface area contributed by atoms with Gasteiger partial charge in [0.2, 0.25) is 0 Å². The van der Waals surface area contributed by atoms with Gasteiger partial charge >= 0.3 is 0 Å². The molecular weight excluding hydrogens is 288 g/mol. The molecular formula is C13H17ClO6. The minimum atomic E-state index is -1.28. The normalized spacial score (nSPS) is 32.0. The van der Waals surface area contributed by atoms with Crippen molar-refractivity contribution in [3.63, 3.8) is 0 Å². The predicted octanol–water partition coefficient (Wildman–Crippen LogP) is -0.171. The standard InChI is InChI=1S/C13H17ClO6/c14-8-4-2-1-3-7(8)13-19-10(6-16)11(18)12(20-13)9(17)5-15/h1-4,9-13,15-18H,5-6H2/t9-,10+,11+,12+,13?/m1/s1. The first-order valence-electron chi connectivity index (χ1n) is 6.21. The van der Waals surface area contributed by atoms with Gasteiger partial charge in [-0.05, 0) is 6.07 Å². The van der Waals surface area contributed by atoms with Crippen LogP contribution in [0.15, 0.2) is 24.3 Å². The van der Waals surface area contributed by atoms with Crippen molar-refractivity contribution in [3.8, 4) is 0 Å². The van der Waals surface area contributed by atoms with Crippen LogP contribution in [0, 0.1) is 0 Å². The molecule has 1 aliphatic rings. The molecule has 0 radical (unpaired) electrons. The van der Waals surface area contributed by atoms with E-state index in [-0.39, 0.29) is 0 Å². The third-order valence-corrected chi connectivity index (χ3v) is 3.55. The van der Waals surface area contributed by atoms with E-state index in [4.69, 9.17) is 26.2 Å². The van der Waals surface area contributed by atoms with Gasteiger partial charge in [0, 0.05) is 10.6 Å². The maximum atomic E-state index is 9.95. The quantitative estimate of drug-likeness (QED) is 0.616. The van der Waals surface area contributed by atoms with Gasteiger partial charge in [0.05, 0.1) is 13.2 Å². The second-order valence-corrected chi connectivity index (χ2v) is 4.96. The van der Waals surface area contributed by atoms with Crippen LogP contribution in [0.25, 0.3) is 0 Å². The second kappa shape index (κ2) is 6.82. The number of ether oxygens (including phenoxy) is 2. The van der Waals surface area contributed by atoms with E-state index in [2.05, 4.69) is 0 Å². The van der Waals surface area contributed by atoms with E-state index in [1.165, 1.54) is 0 Å². The highest BCUT2D eigenvalue weighted by atomic mass is 35.5. The molecule has 1 heterocycles. The van der Waals surface area contributed by atoms with E-state index in [0.717, 1.165) is 0 Å². The van der Waals surface area contributed by atoms with Gasteiger partial charge in [-0.1, -0.05) is 29.8 Å². The van der Waals surface area contributed by atoms with Gasteiger partial charge < -0.3 is 29.9 Å². The van der Waals surface area contributed by atoms with E-state index in [1.807, 2.05) is 0 Å². The average molecular weight is 305 g/mol. The zero-order valence-corrected chi connectivity index (χ0v) is 11.3. The summed E-state index contributed by atoms with van der Waals surface area (Å²) in [5, 5.41) is 38.3. The van der Waals surface area contributed by atoms with E-state index in [0.29, 0.717) is 10.6 Å². The summed E-state index contributed by atoms with van der Waals surface area (Å²) in [7, 11) is 0. The molecule has 1 fully saturated rings. The number of halogens is 1. The Labute approximate surface area is 121 Å². The zero-order valence-electron chi connectivity index (χ0n) is 10.6. The van der Waals surface area contributed by atoms with E-state index >= 15 is 0 Å². The SMILES string of the molecule is OC[C@@H](O)[C@@H]1OC(c2ccccc2Cl)O[C@@H](CO)[C@@H]1O. The first-order chi connectivity index (χ1) is 9.58. The first-order valence-corrected chi connectivity index (χ1v) is 6.59. The highest BCUT2D eigenvalue weighted by Crippen LogP contribution is 2.34. The summed E-state index contributed by atoms with van der Waals surface area (Å²) < 4.78 is 10.9. The molecule has 2 rings (SSSR count). The first kappa shape index (κ1) is 15.7. The van der Waals surface area contributed by atoms with Crippen molar-refractivity contribution in [2.75, 3.05) is 13.2 Å². The molecule has 4 N–H and O–H groups in total. The van der Waals surface area contributed by atoms with Crippen LogP contribution in [0.5, 0.6) is 0 Å². The van der Waals surface area contributed by atoms with E-state index in [9.17, 15) is 15.3 Å². The minimum absolute atomic E-state index is 0.405. The van der Waals surface area contributed by atoms with Gasteiger partial charge in [0.25, 0.3) is 0 Å². The lowest BCUT2D eigenvalue weighted by molar-refractivity contribution is -0.310. The number of hydrogen-bond acceptors (Lipinski definition) is 6. The Kier molecular flexibility index (Phi) is 5.34. The van der Waals surface area contributed by atoms with Gasteiger partial charge in [0.15, 0.2) is 6.29 Å². The van der Waals surface area contributed by atoms with Crippen LogP contribution in [-0.4, -0.2) is 58.1 Å². The Morgan fingerprint density at radius 2 is 1.90 bits per heavy atom. The Hall–Kier alpha value is -0.730. The molecule has 112 valence electrons. The Morgan fingerprint density at radius 1 is 1.20 bits per heavy atom. The third-order valence-electron chi connectivity index (χ3n) is 3.20. The molecule has 0 amide bonds.